The first-order valence-corrected chi connectivity index (χ1v) is 6.29. The maximum Gasteiger partial charge on any atom is 0.336 e. The third-order valence-electron chi connectivity index (χ3n) is 3.59. The molecule has 102 valence electrons. The number of hydrogen-bond donors (Lipinski definition) is 3. The number of benzene rings is 1. The second-order valence-electron chi connectivity index (χ2n) is 5.40. The molecule has 1 aromatic carbocycles. The summed E-state index contributed by atoms with van der Waals surface area (Å²) < 4.78 is 0. The molecule has 1 fully saturated rings. The number of carboxylic acid groups (broad SMARTS) is 1. The maximum absolute atomic E-state index is 11.8. The molecule has 0 spiro atoms. The minimum absolute atomic E-state index is 0.201. The molecule has 19 heavy (non-hydrogen) atoms. The molecular weight excluding hydrogens is 244 g/mol. The van der Waals surface area contributed by atoms with Crippen LogP contribution in [0, 0.1) is 12.3 Å². The van der Waals surface area contributed by atoms with Crippen molar-refractivity contribution < 1.29 is 14.7 Å². The van der Waals surface area contributed by atoms with Gasteiger partial charge in [-0.1, -0.05) is 13.0 Å². The summed E-state index contributed by atoms with van der Waals surface area (Å²) in [4.78, 5) is 22.7. The van der Waals surface area contributed by atoms with Crippen LogP contribution in [0.2, 0.25) is 0 Å². The molecule has 3 N–H and O–H groups in total. The van der Waals surface area contributed by atoms with Crippen molar-refractivity contribution in [1.29, 1.82) is 0 Å². The molecule has 0 aromatic heterocycles. The number of rotatable bonds is 4. The summed E-state index contributed by atoms with van der Waals surface area (Å²) in [5.74, 6) is -0.993. The van der Waals surface area contributed by atoms with Gasteiger partial charge in [0.15, 0.2) is 0 Å². The molecule has 0 unspecified atom stereocenters. The van der Waals surface area contributed by atoms with Crippen molar-refractivity contribution in [2.45, 2.75) is 26.7 Å². The molecule has 0 saturated heterocycles. The zero-order chi connectivity index (χ0) is 14.0. The minimum Gasteiger partial charge on any atom is -0.478 e. The highest BCUT2D eigenvalue weighted by atomic mass is 16.4. The largest absolute Gasteiger partial charge is 0.478 e. The van der Waals surface area contributed by atoms with Gasteiger partial charge in [0, 0.05) is 12.2 Å². The van der Waals surface area contributed by atoms with Gasteiger partial charge in [-0.2, -0.15) is 0 Å². The molecule has 1 aliphatic carbocycles. The van der Waals surface area contributed by atoms with Crippen LogP contribution in [-0.4, -0.2) is 23.7 Å². The Morgan fingerprint density at radius 2 is 2.05 bits per heavy atom. The van der Waals surface area contributed by atoms with Gasteiger partial charge < -0.3 is 15.7 Å². The van der Waals surface area contributed by atoms with E-state index >= 15 is 0 Å². The highest BCUT2D eigenvalue weighted by molar-refractivity contribution is 5.95. The van der Waals surface area contributed by atoms with Crippen LogP contribution in [0.5, 0.6) is 0 Å². The van der Waals surface area contributed by atoms with Gasteiger partial charge in [-0.05, 0) is 42.9 Å². The van der Waals surface area contributed by atoms with Gasteiger partial charge in [0.05, 0.1) is 5.56 Å². The molecule has 1 aromatic rings. The number of carboxylic acids is 1. The van der Waals surface area contributed by atoms with Gasteiger partial charge in [-0.15, -0.1) is 0 Å². The van der Waals surface area contributed by atoms with Crippen molar-refractivity contribution in [2.24, 2.45) is 5.41 Å². The standard InChI is InChI=1S/C14H18N2O3/c1-9-10(12(17)18)4-3-5-11(9)16-13(19)15-8-14(2)6-7-14/h3-5H,6-8H2,1-2H3,(H,17,18)(H2,15,16,19). The predicted molar refractivity (Wildman–Crippen MR) is 72.5 cm³/mol. The lowest BCUT2D eigenvalue weighted by Gasteiger charge is -2.13. The Hall–Kier alpha value is -2.04. The Morgan fingerprint density at radius 1 is 1.37 bits per heavy atom. The van der Waals surface area contributed by atoms with Gasteiger partial charge in [0.25, 0.3) is 0 Å². The lowest BCUT2D eigenvalue weighted by Crippen LogP contribution is -2.33. The lowest BCUT2D eigenvalue weighted by atomic mass is 10.1. The Kier molecular flexibility index (Phi) is 3.46. The third kappa shape index (κ3) is 3.24. The van der Waals surface area contributed by atoms with Crippen molar-refractivity contribution in [3.05, 3.63) is 29.3 Å². The van der Waals surface area contributed by atoms with Crippen molar-refractivity contribution in [2.75, 3.05) is 11.9 Å². The minimum atomic E-state index is -0.993. The number of anilines is 1. The summed E-state index contributed by atoms with van der Waals surface area (Å²) in [6.07, 6.45) is 2.28. The summed E-state index contributed by atoms with van der Waals surface area (Å²) in [6, 6.07) is 4.54. The average Bonchev–Trinajstić information content (AvgIpc) is 3.08. The predicted octanol–water partition coefficient (Wildman–Crippen LogP) is 2.61. The van der Waals surface area contributed by atoms with Gasteiger partial charge in [-0.3, -0.25) is 0 Å². The van der Waals surface area contributed by atoms with Gasteiger partial charge in [0.1, 0.15) is 0 Å². The van der Waals surface area contributed by atoms with Crippen molar-refractivity contribution >= 4 is 17.7 Å². The van der Waals surface area contributed by atoms with E-state index < -0.39 is 5.97 Å². The topological polar surface area (TPSA) is 78.4 Å². The van der Waals surface area contributed by atoms with E-state index in [-0.39, 0.29) is 17.0 Å². The van der Waals surface area contributed by atoms with Crippen LogP contribution in [0.3, 0.4) is 0 Å². The van der Waals surface area contributed by atoms with Crippen LogP contribution < -0.4 is 10.6 Å². The van der Waals surface area contributed by atoms with E-state index in [1.165, 1.54) is 6.07 Å². The van der Waals surface area contributed by atoms with Crippen molar-refractivity contribution in [3.63, 3.8) is 0 Å². The first kappa shape index (κ1) is 13.4. The summed E-state index contributed by atoms with van der Waals surface area (Å²) >= 11 is 0. The molecule has 5 heteroatoms. The van der Waals surface area contributed by atoms with Crippen LogP contribution in [-0.2, 0) is 0 Å². The number of hydrogen-bond acceptors (Lipinski definition) is 2. The zero-order valence-electron chi connectivity index (χ0n) is 11.1. The second-order valence-corrected chi connectivity index (χ2v) is 5.40. The summed E-state index contributed by atoms with van der Waals surface area (Å²) in [5, 5.41) is 14.5. The fourth-order valence-corrected chi connectivity index (χ4v) is 1.85. The number of nitrogens with one attached hydrogen (secondary N) is 2. The monoisotopic (exact) mass is 262 g/mol. The van der Waals surface area contributed by atoms with Crippen LogP contribution in [0.4, 0.5) is 10.5 Å². The van der Waals surface area contributed by atoms with Gasteiger partial charge >= 0.3 is 12.0 Å². The van der Waals surface area contributed by atoms with E-state index in [0.717, 1.165) is 12.8 Å². The van der Waals surface area contributed by atoms with Crippen LogP contribution >= 0.6 is 0 Å². The highest BCUT2D eigenvalue weighted by Gasteiger charge is 2.37. The van der Waals surface area contributed by atoms with Crippen LogP contribution in [0.25, 0.3) is 0 Å². The summed E-state index contributed by atoms with van der Waals surface area (Å²) in [5.41, 5.74) is 1.53. The van der Waals surface area contributed by atoms with Crippen LogP contribution in [0.1, 0.15) is 35.7 Å². The Labute approximate surface area is 112 Å². The molecule has 0 heterocycles. The number of carbonyl (C=O) groups excluding carboxylic acids is 1. The number of aromatic carboxylic acids is 1. The quantitative estimate of drug-likeness (QED) is 0.780. The molecular formula is C14H18N2O3. The summed E-state index contributed by atoms with van der Waals surface area (Å²) in [7, 11) is 0. The van der Waals surface area contributed by atoms with Crippen LogP contribution in [0.15, 0.2) is 18.2 Å². The first-order chi connectivity index (χ1) is 8.91. The van der Waals surface area contributed by atoms with E-state index in [0.29, 0.717) is 17.8 Å². The molecule has 1 saturated carbocycles. The Balaban J connectivity index is 2.00. The van der Waals surface area contributed by atoms with Crippen molar-refractivity contribution in [3.8, 4) is 0 Å². The van der Waals surface area contributed by atoms with E-state index in [1.807, 2.05) is 0 Å². The average molecular weight is 262 g/mol. The molecule has 0 bridgehead atoms. The Morgan fingerprint density at radius 3 is 2.63 bits per heavy atom. The molecule has 0 aliphatic heterocycles. The fraction of sp³-hybridized carbons (Fsp3) is 0.429. The molecule has 2 amide bonds. The van der Waals surface area contributed by atoms with Gasteiger partial charge in [-0.25, -0.2) is 9.59 Å². The first-order valence-electron chi connectivity index (χ1n) is 6.29. The van der Waals surface area contributed by atoms with E-state index in [9.17, 15) is 9.59 Å². The number of carbonyl (C=O) groups is 2. The highest BCUT2D eigenvalue weighted by Crippen LogP contribution is 2.44. The molecule has 2 rings (SSSR count). The van der Waals surface area contributed by atoms with E-state index in [4.69, 9.17) is 5.11 Å². The second kappa shape index (κ2) is 4.91. The smallest absolute Gasteiger partial charge is 0.336 e. The molecule has 5 nitrogen and oxygen atoms in total. The van der Waals surface area contributed by atoms with Crippen molar-refractivity contribution in [1.82, 2.24) is 5.32 Å². The lowest BCUT2D eigenvalue weighted by molar-refractivity contribution is 0.0696. The molecule has 0 atom stereocenters. The number of urea groups is 1. The van der Waals surface area contributed by atoms with Gasteiger partial charge in [0.2, 0.25) is 0 Å². The molecule has 0 radical (unpaired) electrons. The molecule has 1 aliphatic rings. The van der Waals surface area contributed by atoms with E-state index in [2.05, 4.69) is 17.6 Å². The maximum atomic E-state index is 11.8. The third-order valence-corrected chi connectivity index (χ3v) is 3.59. The summed E-state index contributed by atoms with van der Waals surface area (Å²) in [6.45, 7) is 4.46. The normalized spacial score (nSPS) is 15.7. The zero-order valence-corrected chi connectivity index (χ0v) is 11.1. The number of amides is 2. The Bertz CT molecular complexity index is 521. The van der Waals surface area contributed by atoms with E-state index in [1.54, 1.807) is 19.1 Å². The SMILES string of the molecule is Cc1c(NC(=O)NCC2(C)CC2)cccc1C(=O)O. The fourth-order valence-electron chi connectivity index (χ4n) is 1.85.